The Kier molecular flexibility index (Phi) is 7.40. The molecule has 0 bridgehead atoms. The zero-order valence-corrected chi connectivity index (χ0v) is 17.9. The third-order valence-electron chi connectivity index (χ3n) is 4.52. The van der Waals surface area contributed by atoms with Gasteiger partial charge >= 0.3 is 0 Å². The topological polar surface area (TPSA) is 79.8 Å². The summed E-state index contributed by atoms with van der Waals surface area (Å²) in [5.41, 5.74) is 5.95. The number of anilines is 1. The quantitative estimate of drug-likeness (QED) is 0.417. The molecule has 0 aliphatic rings. The molecule has 0 heterocycles. The van der Waals surface area contributed by atoms with Crippen molar-refractivity contribution in [1.29, 1.82) is 0 Å². The number of benzene rings is 3. The van der Waals surface area contributed by atoms with Gasteiger partial charge in [0.05, 0.1) is 19.2 Å². The Morgan fingerprint density at radius 1 is 0.968 bits per heavy atom. The van der Waals surface area contributed by atoms with E-state index in [1.807, 2.05) is 24.3 Å². The summed E-state index contributed by atoms with van der Waals surface area (Å²) < 4.78 is 5.11. The van der Waals surface area contributed by atoms with Gasteiger partial charge in [-0.1, -0.05) is 35.9 Å². The molecule has 0 aliphatic carbocycles. The first-order valence-corrected chi connectivity index (χ1v) is 9.96. The van der Waals surface area contributed by atoms with E-state index >= 15 is 0 Å². The van der Waals surface area contributed by atoms with Gasteiger partial charge in [-0.25, -0.2) is 5.43 Å². The highest BCUT2D eigenvalue weighted by Gasteiger charge is 2.08. The second-order valence-electron chi connectivity index (χ2n) is 6.80. The molecule has 0 unspecified atom stereocenters. The maximum Gasteiger partial charge on any atom is 0.255 e. The molecular weight excluding hydrogens is 414 g/mol. The Hall–Kier alpha value is -3.64. The number of hydrogen-bond donors (Lipinski definition) is 2. The molecule has 0 atom stereocenters. The summed E-state index contributed by atoms with van der Waals surface area (Å²) in [6.45, 7) is 1.79. The smallest absolute Gasteiger partial charge is 0.255 e. The van der Waals surface area contributed by atoms with E-state index in [0.717, 1.165) is 16.9 Å². The number of methoxy groups -OCH3 is 1. The lowest BCUT2D eigenvalue weighted by molar-refractivity contribution is -0.120. The number of amides is 2. The first kappa shape index (κ1) is 22.1. The molecule has 2 amide bonds. The highest BCUT2D eigenvalue weighted by molar-refractivity contribution is 6.30. The van der Waals surface area contributed by atoms with Crippen LogP contribution in [-0.4, -0.2) is 24.6 Å². The Bertz CT molecular complexity index is 1090. The molecule has 7 heteroatoms. The molecule has 6 nitrogen and oxygen atoms in total. The highest BCUT2D eigenvalue weighted by atomic mass is 35.5. The average Bonchev–Trinajstić information content (AvgIpc) is 2.78. The van der Waals surface area contributed by atoms with Crippen LogP contribution in [-0.2, 0) is 11.2 Å². The Labute approximate surface area is 185 Å². The molecule has 0 saturated carbocycles. The van der Waals surface area contributed by atoms with Crippen LogP contribution in [0.25, 0.3) is 0 Å². The summed E-state index contributed by atoms with van der Waals surface area (Å²) in [4.78, 5) is 24.6. The van der Waals surface area contributed by atoms with E-state index < -0.39 is 0 Å². The average molecular weight is 436 g/mol. The molecule has 31 heavy (non-hydrogen) atoms. The lowest BCUT2D eigenvalue weighted by atomic mass is 10.1. The number of ether oxygens (including phenoxy) is 1. The van der Waals surface area contributed by atoms with Crippen LogP contribution in [0.3, 0.4) is 0 Å². The van der Waals surface area contributed by atoms with Crippen molar-refractivity contribution < 1.29 is 14.3 Å². The van der Waals surface area contributed by atoms with Crippen LogP contribution in [0, 0.1) is 0 Å². The zero-order chi connectivity index (χ0) is 22.2. The lowest BCUT2D eigenvalue weighted by Crippen LogP contribution is -2.21. The lowest BCUT2D eigenvalue weighted by Gasteiger charge is -2.08. The van der Waals surface area contributed by atoms with Crippen molar-refractivity contribution >= 4 is 34.8 Å². The van der Waals surface area contributed by atoms with Crippen molar-refractivity contribution in [3.05, 3.63) is 94.5 Å². The van der Waals surface area contributed by atoms with Gasteiger partial charge in [-0.3, -0.25) is 9.59 Å². The standard InChI is InChI=1S/C24H22ClN3O3/c1-16(27-28-23(29)14-17-6-12-22(31-2)13-7-17)19-4-3-5-21(15-19)26-24(30)18-8-10-20(25)11-9-18/h3-13,15H,14H2,1-2H3,(H,26,30)(H,28,29)/b27-16-. The summed E-state index contributed by atoms with van der Waals surface area (Å²) in [5, 5.41) is 7.59. The second kappa shape index (κ2) is 10.4. The van der Waals surface area contributed by atoms with Crippen LogP contribution in [0.5, 0.6) is 5.75 Å². The minimum atomic E-state index is -0.240. The molecule has 0 fully saturated rings. The van der Waals surface area contributed by atoms with Gasteiger partial charge in [0.15, 0.2) is 0 Å². The Morgan fingerprint density at radius 2 is 1.68 bits per heavy atom. The Balaban J connectivity index is 1.61. The molecule has 158 valence electrons. The van der Waals surface area contributed by atoms with Crippen LogP contribution < -0.4 is 15.5 Å². The number of hydrogen-bond acceptors (Lipinski definition) is 4. The second-order valence-corrected chi connectivity index (χ2v) is 7.24. The Morgan fingerprint density at radius 3 is 2.35 bits per heavy atom. The zero-order valence-electron chi connectivity index (χ0n) is 17.2. The van der Waals surface area contributed by atoms with Gasteiger partial charge in [0, 0.05) is 16.3 Å². The van der Waals surface area contributed by atoms with E-state index in [4.69, 9.17) is 16.3 Å². The van der Waals surface area contributed by atoms with E-state index in [2.05, 4.69) is 15.8 Å². The van der Waals surface area contributed by atoms with E-state index in [-0.39, 0.29) is 18.2 Å². The molecule has 2 N–H and O–H groups in total. The predicted octanol–water partition coefficient (Wildman–Crippen LogP) is 4.68. The van der Waals surface area contributed by atoms with Crippen LogP contribution in [0.1, 0.15) is 28.4 Å². The van der Waals surface area contributed by atoms with E-state index in [1.165, 1.54) is 0 Å². The number of nitrogens with zero attached hydrogens (tertiary/aromatic N) is 1. The predicted molar refractivity (Wildman–Crippen MR) is 123 cm³/mol. The van der Waals surface area contributed by atoms with Crippen LogP contribution in [0.2, 0.25) is 5.02 Å². The van der Waals surface area contributed by atoms with Crippen molar-refractivity contribution in [2.75, 3.05) is 12.4 Å². The summed E-state index contributed by atoms with van der Waals surface area (Å²) in [6.07, 6.45) is 0.206. The van der Waals surface area contributed by atoms with Crippen molar-refractivity contribution in [3.8, 4) is 5.75 Å². The van der Waals surface area contributed by atoms with Crippen LogP contribution in [0.15, 0.2) is 77.9 Å². The molecule has 3 aromatic carbocycles. The van der Waals surface area contributed by atoms with Gasteiger partial charge in [-0.2, -0.15) is 5.10 Å². The molecule has 0 aliphatic heterocycles. The SMILES string of the molecule is COc1ccc(CC(=O)N/N=C(/C)c2cccc(NC(=O)c3ccc(Cl)cc3)c2)cc1. The van der Waals surface area contributed by atoms with Gasteiger partial charge in [-0.05, 0) is 66.6 Å². The number of carbonyl (C=O) groups excluding carboxylic acids is 2. The molecule has 0 aromatic heterocycles. The van der Waals surface area contributed by atoms with Crippen molar-refractivity contribution in [2.45, 2.75) is 13.3 Å². The highest BCUT2D eigenvalue weighted by Crippen LogP contribution is 2.15. The minimum absolute atomic E-state index is 0.206. The first-order chi connectivity index (χ1) is 14.9. The normalized spacial score (nSPS) is 11.0. The number of hydrazone groups is 1. The van der Waals surface area contributed by atoms with Crippen molar-refractivity contribution in [3.63, 3.8) is 0 Å². The molecule has 0 spiro atoms. The van der Waals surface area contributed by atoms with Crippen molar-refractivity contribution in [1.82, 2.24) is 5.43 Å². The van der Waals surface area contributed by atoms with Crippen molar-refractivity contribution in [2.24, 2.45) is 5.10 Å². The summed E-state index contributed by atoms with van der Waals surface area (Å²) >= 11 is 5.86. The van der Waals surface area contributed by atoms with E-state index in [1.54, 1.807) is 62.6 Å². The molecule has 3 aromatic rings. The fraction of sp³-hybridized carbons (Fsp3) is 0.125. The van der Waals surface area contributed by atoms with E-state index in [9.17, 15) is 9.59 Å². The molecule has 3 rings (SSSR count). The number of halogens is 1. The fourth-order valence-corrected chi connectivity index (χ4v) is 2.93. The third kappa shape index (κ3) is 6.42. The maximum absolute atomic E-state index is 12.4. The molecule has 0 saturated heterocycles. The number of nitrogens with one attached hydrogen (secondary N) is 2. The van der Waals surface area contributed by atoms with Crippen LogP contribution >= 0.6 is 11.6 Å². The summed E-state index contributed by atoms with van der Waals surface area (Å²) in [5.74, 6) is 0.272. The molecular formula is C24H22ClN3O3. The van der Waals surface area contributed by atoms with Crippen LogP contribution in [0.4, 0.5) is 5.69 Å². The number of rotatable bonds is 7. The van der Waals surface area contributed by atoms with Gasteiger partial charge < -0.3 is 10.1 Å². The van der Waals surface area contributed by atoms with E-state index in [0.29, 0.717) is 22.0 Å². The molecule has 0 radical (unpaired) electrons. The van der Waals surface area contributed by atoms with Gasteiger partial charge in [0.1, 0.15) is 5.75 Å². The third-order valence-corrected chi connectivity index (χ3v) is 4.77. The summed E-state index contributed by atoms with van der Waals surface area (Å²) in [7, 11) is 1.59. The van der Waals surface area contributed by atoms with Gasteiger partial charge in [0.2, 0.25) is 5.91 Å². The fourth-order valence-electron chi connectivity index (χ4n) is 2.81. The first-order valence-electron chi connectivity index (χ1n) is 9.58. The summed E-state index contributed by atoms with van der Waals surface area (Å²) in [6, 6.07) is 21.2. The largest absolute Gasteiger partial charge is 0.497 e. The number of carbonyl (C=O) groups is 2. The van der Waals surface area contributed by atoms with Gasteiger partial charge in [-0.15, -0.1) is 0 Å². The van der Waals surface area contributed by atoms with Gasteiger partial charge in [0.25, 0.3) is 5.91 Å². The maximum atomic E-state index is 12.4. The monoisotopic (exact) mass is 435 g/mol. The minimum Gasteiger partial charge on any atom is -0.497 e.